The predicted molar refractivity (Wildman–Crippen MR) is 178 cm³/mol. The minimum absolute atomic E-state index is 0.0115. The fourth-order valence-electron chi connectivity index (χ4n) is 6.17. The quantitative estimate of drug-likeness (QED) is 0.0638. The molecule has 0 aromatic carbocycles. The summed E-state index contributed by atoms with van der Waals surface area (Å²) in [7, 11) is 2.13. The zero-order valence-electron chi connectivity index (χ0n) is 28.4. The van der Waals surface area contributed by atoms with Gasteiger partial charge < -0.3 is 14.4 Å². The van der Waals surface area contributed by atoms with Gasteiger partial charge in [-0.05, 0) is 64.6 Å². The highest BCUT2D eigenvalue weighted by atomic mass is 16.5. The maximum absolute atomic E-state index is 12.7. The molecule has 1 aliphatic rings. The van der Waals surface area contributed by atoms with Crippen molar-refractivity contribution in [2.75, 3.05) is 33.4 Å². The summed E-state index contributed by atoms with van der Waals surface area (Å²) in [4.78, 5) is 26.9. The van der Waals surface area contributed by atoms with Crippen molar-refractivity contribution in [3.63, 3.8) is 0 Å². The second-order valence-corrected chi connectivity index (χ2v) is 13.3. The van der Waals surface area contributed by atoms with Gasteiger partial charge in [0, 0.05) is 6.42 Å². The summed E-state index contributed by atoms with van der Waals surface area (Å²) in [6.07, 6.45) is 31.2. The van der Waals surface area contributed by atoms with E-state index in [1.54, 1.807) is 0 Å². The molecule has 0 radical (unpaired) electrons. The molecule has 0 bridgehead atoms. The maximum atomic E-state index is 12.7. The van der Waals surface area contributed by atoms with E-state index in [1.165, 1.54) is 128 Å². The molecule has 0 spiro atoms. The molecule has 0 saturated carbocycles. The van der Waals surface area contributed by atoms with Crippen LogP contribution in [0.2, 0.25) is 0 Å². The van der Waals surface area contributed by atoms with Gasteiger partial charge in [0.05, 0.1) is 19.1 Å². The van der Waals surface area contributed by atoms with Gasteiger partial charge in [-0.2, -0.15) is 0 Å². The second kappa shape index (κ2) is 28.7. The third kappa shape index (κ3) is 23.4. The zero-order valence-corrected chi connectivity index (χ0v) is 28.4. The van der Waals surface area contributed by atoms with Gasteiger partial charge in [-0.25, -0.2) is 0 Å². The van der Waals surface area contributed by atoms with Crippen molar-refractivity contribution in [2.24, 2.45) is 11.8 Å². The highest BCUT2D eigenvalue weighted by molar-refractivity contribution is 5.72. The van der Waals surface area contributed by atoms with Crippen molar-refractivity contribution in [3.05, 3.63) is 0 Å². The van der Waals surface area contributed by atoms with Crippen LogP contribution in [-0.2, 0) is 19.1 Å². The molecule has 0 aromatic rings. The average Bonchev–Trinajstić information content (AvgIpc) is 2.99. The van der Waals surface area contributed by atoms with Crippen LogP contribution in [-0.4, -0.2) is 50.2 Å². The number of rotatable bonds is 29. The fraction of sp³-hybridized carbons (Fsp3) is 0.946. The summed E-state index contributed by atoms with van der Waals surface area (Å²) in [6, 6.07) is 0. The van der Waals surface area contributed by atoms with Gasteiger partial charge in [-0.1, -0.05) is 136 Å². The summed E-state index contributed by atoms with van der Waals surface area (Å²) in [5.74, 6) is 0.660. The van der Waals surface area contributed by atoms with Gasteiger partial charge in [-0.15, -0.1) is 0 Å². The summed E-state index contributed by atoms with van der Waals surface area (Å²) in [6.45, 7) is 7.74. The molecule has 1 fully saturated rings. The van der Waals surface area contributed by atoms with Crippen LogP contribution in [0.1, 0.15) is 181 Å². The van der Waals surface area contributed by atoms with E-state index >= 15 is 0 Å². The molecule has 0 amide bonds. The van der Waals surface area contributed by atoms with Gasteiger partial charge in [0.1, 0.15) is 0 Å². The summed E-state index contributed by atoms with van der Waals surface area (Å²) >= 11 is 0. The van der Waals surface area contributed by atoms with Crippen molar-refractivity contribution < 1.29 is 19.1 Å². The van der Waals surface area contributed by atoms with Crippen LogP contribution >= 0.6 is 0 Å². The van der Waals surface area contributed by atoms with Gasteiger partial charge >= 0.3 is 11.9 Å². The van der Waals surface area contributed by atoms with E-state index in [0.29, 0.717) is 25.6 Å². The number of ether oxygens (including phenoxy) is 2. The molecular weight excluding hydrogens is 522 g/mol. The fourth-order valence-corrected chi connectivity index (χ4v) is 6.17. The molecular formula is C37H71NO4. The number of unbranched alkanes of at least 4 members (excludes halogenated alkanes) is 18. The van der Waals surface area contributed by atoms with Crippen LogP contribution in [0.4, 0.5) is 0 Å². The molecule has 1 aliphatic heterocycles. The second-order valence-electron chi connectivity index (χ2n) is 13.3. The van der Waals surface area contributed by atoms with Crippen molar-refractivity contribution in [3.8, 4) is 0 Å². The lowest BCUT2D eigenvalue weighted by atomic mass is 9.94. The molecule has 1 heterocycles. The first-order valence-electron chi connectivity index (χ1n) is 18.6. The highest BCUT2D eigenvalue weighted by Crippen LogP contribution is 2.23. The van der Waals surface area contributed by atoms with Crippen LogP contribution < -0.4 is 0 Å². The molecule has 5 nitrogen and oxygen atoms in total. The molecule has 248 valence electrons. The van der Waals surface area contributed by atoms with E-state index in [1.807, 2.05) is 0 Å². The minimum Gasteiger partial charge on any atom is -0.466 e. The van der Waals surface area contributed by atoms with Crippen LogP contribution in [0.3, 0.4) is 0 Å². The Kier molecular flexibility index (Phi) is 26.6. The van der Waals surface area contributed by atoms with Crippen molar-refractivity contribution in [1.82, 2.24) is 4.90 Å². The van der Waals surface area contributed by atoms with Gasteiger partial charge in [0.25, 0.3) is 0 Å². The van der Waals surface area contributed by atoms with Crippen LogP contribution in [0.25, 0.3) is 0 Å². The average molecular weight is 594 g/mol. The molecule has 5 heteroatoms. The SMILES string of the molecule is CCCCCCCCCCC(CCCCCCCCCC(=O)OCCCCCCCC)COC(=O)C1CCN(C)CC1. The normalized spacial score (nSPS) is 15.1. The Labute approximate surface area is 261 Å². The third-order valence-electron chi connectivity index (χ3n) is 9.23. The Morgan fingerprint density at radius 3 is 1.60 bits per heavy atom. The number of hydrogen-bond donors (Lipinski definition) is 0. The van der Waals surface area contributed by atoms with Gasteiger partial charge in [0.15, 0.2) is 0 Å². The molecule has 0 aromatic heterocycles. The summed E-state index contributed by atoms with van der Waals surface area (Å²) in [5, 5.41) is 0. The Balaban J connectivity index is 2.13. The molecule has 0 aliphatic carbocycles. The number of hydrogen-bond acceptors (Lipinski definition) is 5. The van der Waals surface area contributed by atoms with E-state index in [0.717, 1.165) is 45.2 Å². The topological polar surface area (TPSA) is 55.8 Å². The number of piperidine rings is 1. The van der Waals surface area contributed by atoms with Crippen LogP contribution in [0.5, 0.6) is 0 Å². The lowest BCUT2D eigenvalue weighted by Gasteiger charge is -2.28. The van der Waals surface area contributed by atoms with Crippen LogP contribution in [0, 0.1) is 11.8 Å². The lowest BCUT2D eigenvalue weighted by molar-refractivity contribution is -0.151. The van der Waals surface area contributed by atoms with Gasteiger partial charge in [-0.3, -0.25) is 9.59 Å². The molecule has 1 rings (SSSR count). The number of carbonyl (C=O) groups excluding carboxylic acids is 2. The van der Waals surface area contributed by atoms with Crippen LogP contribution in [0.15, 0.2) is 0 Å². The Morgan fingerprint density at radius 2 is 1.07 bits per heavy atom. The number of nitrogens with zero attached hydrogens (tertiary/aromatic N) is 1. The lowest BCUT2D eigenvalue weighted by Crippen LogP contribution is -2.34. The smallest absolute Gasteiger partial charge is 0.309 e. The van der Waals surface area contributed by atoms with E-state index in [4.69, 9.17) is 9.47 Å². The molecule has 0 N–H and O–H groups in total. The Morgan fingerprint density at radius 1 is 0.619 bits per heavy atom. The van der Waals surface area contributed by atoms with Crippen molar-refractivity contribution >= 4 is 11.9 Å². The monoisotopic (exact) mass is 594 g/mol. The van der Waals surface area contributed by atoms with E-state index in [2.05, 4.69) is 25.8 Å². The standard InChI is InChI=1S/C37H71NO4/c1-4-6-8-10-12-14-17-21-25-34(33-42-37(40)35-28-30-38(3)31-29-35)26-22-18-15-13-16-19-23-27-36(39)41-32-24-20-11-9-7-5-2/h34-35H,4-33H2,1-3H3. The van der Waals surface area contributed by atoms with E-state index in [9.17, 15) is 9.59 Å². The maximum Gasteiger partial charge on any atom is 0.309 e. The van der Waals surface area contributed by atoms with E-state index < -0.39 is 0 Å². The third-order valence-corrected chi connectivity index (χ3v) is 9.23. The molecule has 1 unspecified atom stereocenters. The Hall–Kier alpha value is -1.10. The zero-order chi connectivity index (χ0) is 30.5. The van der Waals surface area contributed by atoms with Crippen molar-refractivity contribution in [1.29, 1.82) is 0 Å². The predicted octanol–water partition coefficient (Wildman–Crippen LogP) is 10.4. The van der Waals surface area contributed by atoms with Crippen molar-refractivity contribution in [2.45, 2.75) is 181 Å². The van der Waals surface area contributed by atoms with E-state index in [-0.39, 0.29) is 17.9 Å². The number of carbonyl (C=O) groups is 2. The number of likely N-dealkylation sites (tertiary alicyclic amines) is 1. The molecule has 1 atom stereocenters. The van der Waals surface area contributed by atoms with Gasteiger partial charge in [0.2, 0.25) is 0 Å². The minimum atomic E-state index is -0.0115. The summed E-state index contributed by atoms with van der Waals surface area (Å²) in [5.41, 5.74) is 0. The Bertz CT molecular complexity index is 617. The summed E-state index contributed by atoms with van der Waals surface area (Å²) < 4.78 is 11.3. The molecule has 1 saturated heterocycles. The largest absolute Gasteiger partial charge is 0.466 e. The number of esters is 2. The first kappa shape index (κ1) is 38.9. The molecule has 42 heavy (non-hydrogen) atoms. The highest BCUT2D eigenvalue weighted by Gasteiger charge is 2.25. The first-order chi connectivity index (χ1) is 20.6. The first-order valence-corrected chi connectivity index (χ1v) is 18.6.